The van der Waals surface area contributed by atoms with Crippen LogP contribution in [-0.4, -0.2) is 56.8 Å². The number of carbonyl (C=O) groups is 1. The van der Waals surface area contributed by atoms with Crippen LogP contribution in [0.4, 0.5) is 4.39 Å². The molecular weight excluding hydrogens is 361 g/mol. The first-order chi connectivity index (χ1) is 13.5. The highest BCUT2D eigenvalue weighted by Crippen LogP contribution is 2.19. The number of aromatic nitrogens is 3. The predicted molar refractivity (Wildman–Crippen MR) is 101 cm³/mol. The normalized spacial score (nSPS) is 15.2. The van der Waals surface area contributed by atoms with Gasteiger partial charge in [0.05, 0.1) is 23.1 Å². The van der Waals surface area contributed by atoms with Crippen LogP contribution in [0.3, 0.4) is 0 Å². The van der Waals surface area contributed by atoms with Crippen molar-refractivity contribution in [3.05, 3.63) is 65.1 Å². The fraction of sp³-hybridized carbons (Fsp3) is 0.350. The first-order valence-corrected chi connectivity index (χ1v) is 9.26. The SMILES string of the molecule is Cc1cc(CN2CCN(C(=O)c3cnn(-c4ccccc4F)c3C)CC2)no1. The molecule has 2 aromatic heterocycles. The zero-order valence-electron chi connectivity index (χ0n) is 15.9. The summed E-state index contributed by atoms with van der Waals surface area (Å²) in [7, 11) is 0. The maximum Gasteiger partial charge on any atom is 0.257 e. The highest BCUT2D eigenvalue weighted by atomic mass is 19.1. The van der Waals surface area contributed by atoms with Gasteiger partial charge in [-0.2, -0.15) is 5.10 Å². The fourth-order valence-electron chi connectivity index (χ4n) is 3.49. The summed E-state index contributed by atoms with van der Waals surface area (Å²) in [5.41, 5.74) is 2.38. The molecule has 1 fully saturated rings. The molecule has 0 N–H and O–H groups in total. The molecule has 28 heavy (non-hydrogen) atoms. The van der Waals surface area contributed by atoms with Crippen molar-refractivity contribution >= 4 is 5.91 Å². The monoisotopic (exact) mass is 383 g/mol. The van der Waals surface area contributed by atoms with Crippen LogP contribution >= 0.6 is 0 Å². The Kier molecular flexibility index (Phi) is 4.95. The smallest absolute Gasteiger partial charge is 0.257 e. The topological polar surface area (TPSA) is 67.4 Å². The average Bonchev–Trinajstić information content (AvgIpc) is 3.28. The molecule has 0 radical (unpaired) electrons. The minimum atomic E-state index is -0.371. The van der Waals surface area contributed by atoms with Gasteiger partial charge in [-0.05, 0) is 26.0 Å². The van der Waals surface area contributed by atoms with E-state index in [1.54, 1.807) is 25.1 Å². The lowest BCUT2D eigenvalue weighted by atomic mass is 10.2. The minimum Gasteiger partial charge on any atom is -0.361 e. The molecule has 3 aromatic rings. The Bertz CT molecular complexity index is 988. The van der Waals surface area contributed by atoms with Crippen molar-refractivity contribution < 1.29 is 13.7 Å². The molecule has 0 spiro atoms. The van der Waals surface area contributed by atoms with Gasteiger partial charge in [-0.3, -0.25) is 9.69 Å². The number of benzene rings is 1. The third-order valence-electron chi connectivity index (χ3n) is 5.04. The van der Waals surface area contributed by atoms with Gasteiger partial charge < -0.3 is 9.42 Å². The Hall–Kier alpha value is -3.00. The van der Waals surface area contributed by atoms with E-state index in [0.717, 1.165) is 24.5 Å². The number of piperazine rings is 1. The van der Waals surface area contributed by atoms with Gasteiger partial charge >= 0.3 is 0 Å². The van der Waals surface area contributed by atoms with Crippen molar-refractivity contribution in [1.82, 2.24) is 24.7 Å². The maximum absolute atomic E-state index is 14.1. The number of para-hydroxylation sites is 1. The number of halogens is 1. The van der Waals surface area contributed by atoms with Gasteiger partial charge in [0.2, 0.25) is 0 Å². The number of rotatable bonds is 4. The van der Waals surface area contributed by atoms with Crippen molar-refractivity contribution in [2.45, 2.75) is 20.4 Å². The molecule has 1 amide bonds. The van der Waals surface area contributed by atoms with Crippen molar-refractivity contribution in [3.63, 3.8) is 0 Å². The minimum absolute atomic E-state index is 0.0722. The predicted octanol–water partition coefficient (Wildman–Crippen LogP) is 2.57. The van der Waals surface area contributed by atoms with Crippen LogP contribution in [-0.2, 0) is 6.54 Å². The van der Waals surface area contributed by atoms with Gasteiger partial charge in [0, 0.05) is 38.8 Å². The average molecular weight is 383 g/mol. The molecule has 0 atom stereocenters. The summed E-state index contributed by atoms with van der Waals surface area (Å²) in [6, 6.07) is 8.33. The molecule has 0 aliphatic carbocycles. The summed E-state index contributed by atoms with van der Waals surface area (Å²) in [5.74, 6) is 0.354. The largest absolute Gasteiger partial charge is 0.361 e. The standard InChI is InChI=1S/C20H22FN5O2/c1-14-11-16(23-28-14)13-24-7-9-25(10-8-24)20(27)17-12-22-26(15(17)2)19-6-4-3-5-18(19)21/h3-6,11-12H,7-10,13H2,1-2H3. The number of aryl methyl sites for hydroxylation is 1. The third kappa shape index (κ3) is 3.55. The highest BCUT2D eigenvalue weighted by Gasteiger charge is 2.26. The van der Waals surface area contributed by atoms with Crippen LogP contribution in [0, 0.1) is 19.7 Å². The molecule has 146 valence electrons. The second-order valence-corrected chi connectivity index (χ2v) is 7.00. The van der Waals surface area contributed by atoms with Crippen LogP contribution in [0.15, 0.2) is 41.1 Å². The van der Waals surface area contributed by atoms with E-state index in [1.807, 2.05) is 17.9 Å². The Morgan fingerprint density at radius 1 is 1.18 bits per heavy atom. The summed E-state index contributed by atoms with van der Waals surface area (Å²) in [5, 5.41) is 8.26. The van der Waals surface area contributed by atoms with Crippen molar-refractivity contribution in [2.24, 2.45) is 0 Å². The number of nitrogens with zero attached hydrogens (tertiary/aromatic N) is 5. The molecule has 0 saturated carbocycles. The number of hydrogen-bond acceptors (Lipinski definition) is 5. The van der Waals surface area contributed by atoms with Gasteiger partial charge in [0.15, 0.2) is 0 Å². The van der Waals surface area contributed by atoms with E-state index in [0.29, 0.717) is 36.6 Å². The second kappa shape index (κ2) is 7.55. The van der Waals surface area contributed by atoms with E-state index < -0.39 is 0 Å². The zero-order chi connectivity index (χ0) is 19.7. The number of amides is 1. The van der Waals surface area contributed by atoms with Gasteiger partial charge in [-0.25, -0.2) is 9.07 Å². The van der Waals surface area contributed by atoms with E-state index in [9.17, 15) is 9.18 Å². The van der Waals surface area contributed by atoms with E-state index in [2.05, 4.69) is 15.2 Å². The van der Waals surface area contributed by atoms with Crippen molar-refractivity contribution in [2.75, 3.05) is 26.2 Å². The van der Waals surface area contributed by atoms with E-state index >= 15 is 0 Å². The van der Waals surface area contributed by atoms with Crippen LogP contribution in [0.1, 0.15) is 27.5 Å². The molecule has 4 rings (SSSR count). The molecule has 8 heteroatoms. The lowest BCUT2D eigenvalue weighted by Gasteiger charge is -2.34. The van der Waals surface area contributed by atoms with Crippen molar-refractivity contribution in [3.8, 4) is 5.69 Å². The molecule has 0 bridgehead atoms. The first kappa shape index (κ1) is 18.4. The third-order valence-corrected chi connectivity index (χ3v) is 5.04. The summed E-state index contributed by atoms with van der Waals surface area (Å²) in [6.45, 7) is 7.15. The lowest BCUT2D eigenvalue weighted by molar-refractivity contribution is 0.0625. The van der Waals surface area contributed by atoms with E-state index in [-0.39, 0.29) is 11.7 Å². The lowest BCUT2D eigenvalue weighted by Crippen LogP contribution is -2.48. The molecule has 1 aliphatic rings. The Balaban J connectivity index is 1.43. The van der Waals surface area contributed by atoms with Gasteiger partial charge in [-0.15, -0.1) is 0 Å². The summed E-state index contributed by atoms with van der Waals surface area (Å²) < 4.78 is 20.7. The van der Waals surface area contributed by atoms with Gasteiger partial charge in [0.25, 0.3) is 5.91 Å². The molecule has 3 heterocycles. The quantitative estimate of drug-likeness (QED) is 0.693. The number of hydrogen-bond donors (Lipinski definition) is 0. The van der Waals surface area contributed by atoms with Crippen LogP contribution in [0.5, 0.6) is 0 Å². The van der Waals surface area contributed by atoms with Crippen LogP contribution in [0.2, 0.25) is 0 Å². The van der Waals surface area contributed by atoms with E-state index in [4.69, 9.17) is 4.52 Å². The second-order valence-electron chi connectivity index (χ2n) is 7.00. The molecular formula is C20H22FN5O2. The zero-order valence-corrected chi connectivity index (χ0v) is 15.9. The van der Waals surface area contributed by atoms with Gasteiger partial charge in [0.1, 0.15) is 17.3 Å². The Morgan fingerprint density at radius 3 is 2.61 bits per heavy atom. The molecule has 0 unspecified atom stereocenters. The molecule has 7 nitrogen and oxygen atoms in total. The summed E-state index contributed by atoms with van der Waals surface area (Å²) >= 11 is 0. The molecule has 1 aliphatic heterocycles. The number of carbonyl (C=O) groups excluding carboxylic acids is 1. The summed E-state index contributed by atoms with van der Waals surface area (Å²) in [4.78, 5) is 17.0. The Morgan fingerprint density at radius 2 is 1.93 bits per heavy atom. The first-order valence-electron chi connectivity index (χ1n) is 9.26. The fourth-order valence-corrected chi connectivity index (χ4v) is 3.49. The maximum atomic E-state index is 14.1. The Labute approximate surface area is 162 Å². The van der Waals surface area contributed by atoms with E-state index in [1.165, 1.54) is 16.9 Å². The van der Waals surface area contributed by atoms with Gasteiger partial charge in [-0.1, -0.05) is 17.3 Å². The molecule has 1 saturated heterocycles. The van der Waals surface area contributed by atoms with Crippen LogP contribution < -0.4 is 0 Å². The van der Waals surface area contributed by atoms with Crippen LogP contribution in [0.25, 0.3) is 5.69 Å². The highest BCUT2D eigenvalue weighted by molar-refractivity contribution is 5.95. The summed E-state index contributed by atoms with van der Waals surface area (Å²) in [6.07, 6.45) is 1.52. The van der Waals surface area contributed by atoms with Crippen molar-refractivity contribution in [1.29, 1.82) is 0 Å². The molecule has 1 aromatic carbocycles.